The molecule has 0 saturated heterocycles. The Morgan fingerprint density at radius 3 is 3.21 bits per heavy atom. The fraction of sp³-hybridized carbons (Fsp3) is 0.333. The van der Waals surface area contributed by atoms with E-state index < -0.39 is 0 Å². The summed E-state index contributed by atoms with van der Waals surface area (Å²) in [4.78, 5) is 0. The molecule has 0 fully saturated rings. The minimum Gasteiger partial charge on any atom is -0.373 e. The number of benzene rings is 1. The summed E-state index contributed by atoms with van der Waals surface area (Å²) >= 11 is 3.49. The van der Waals surface area contributed by atoms with Crippen molar-refractivity contribution in [1.29, 1.82) is 0 Å². The summed E-state index contributed by atoms with van der Waals surface area (Å²) in [5.74, 6) is 0. The number of fused-ring (bicyclic) bond motifs is 1. The van der Waals surface area contributed by atoms with Crippen LogP contribution in [0.2, 0.25) is 0 Å². The Labute approximate surface area is 92.9 Å². The molecule has 0 aliphatic carbocycles. The maximum atomic E-state index is 5.71. The van der Waals surface area contributed by atoms with E-state index >= 15 is 0 Å². The predicted octanol–water partition coefficient (Wildman–Crippen LogP) is 3.64. The normalized spacial score (nSPS) is 20.2. The summed E-state index contributed by atoms with van der Waals surface area (Å²) in [6.07, 6.45) is 4.04. The molecule has 2 rings (SSSR count). The predicted molar refractivity (Wildman–Crippen MR) is 61.4 cm³/mol. The van der Waals surface area contributed by atoms with Crippen molar-refractivity contribution in [2.24, 2.45) is 0 Å². The van der Waals surface area contributed by atoms with Crippen LogP contribution in [0.3, 0.4) is 0 Å². The van der Waals surface area contributed by atoms with E-state index in [-0.39, 0.29) is 6.10 Å². The molecule has 0 bridgehead atoms. The molecule has 0 amide bonds. The van der Waals surface area contributed by atoms with Crippen LogP contribution in [0.4, 0.5) is 0 Å². The average molecular weight is 253 g/mol. The SMILES string of the molecule is C=CCC1OCCc2ccc(Br)cc21. The zero-order valence-corrected chi connectivity index (χ0v) is 9.59. The summed E-state index contributed by atoms with van der Waals surface area (Å²) in [6, 6.07) is 6.43. The van der Waals surface area contributed by atoms with E-state index in [0.29, 0.717) is 0 Å². The van der Waals surface area contributed by atoms with Crippen LogP contribution in [0.15, 0.2) is 35.3 Å². The van der Waals surface area contributed by atoms with Gasteiger partial charge in [-0.05, 0) is 36.1 Å². The molecular formula is C12H13BrO. The van der Waals surface area contributed by atoms with Gasteiger partial charge in [0.25, 0.3) is 0 Å². The first-order valence-electron chi connectivity index (χ1n) is 4.82. The first-order chi connectivity index (χ1) is 6.81. The van der Waals surface area contributed by atoms with Crippen LogP contribution in [0.25, 0.3) is 0 Å². The molecule has 1 atom stereocenters. The summed E-state index contributed by atoms with van der Waals surface area (Å²) in [5.41, 5.74) is 2.72. The third kappa shape index (κ3) is 1.91. The summed E-state index contributed by atoms with van der Waals surface area (Å²) in [7, 11) is 0. The largest absolute Gasteiger partial charge is 0.373 e. The molecular weight excluding hydrogens is 240 g/mol. The number of hydrogen-bond acceptors (Lipinski definition) is 1. The van der Waals surface area contributed by atoms with Gasteiger partial charge in [-0.3, -0.25) is 0 Å². The van der Waals surface area contributed by atoms with Crippen molar-refractivity contribution >= 4 is 15.9 Å². The van der Waals surface area contributed by atoms with Crippen LogP contribution in [-0.2, 0) is 11.2 Å². The number of rotatable bonds is 2. The van der Waals surface area contributed by atoms with E-state index in [1.807, 2.05) is 6.08 Å². The van der Waals surface area contributed by atoms with Crippen molar-refractivity contribution < 1.29 is 4.74 Å². The smallest absolute Gasteiger partial charge is 0.0862 e. The standard InChI is InChI=1S/C12H13BrO/c1-2-3-12-11-8-10(13)5-4-9(11)6-7-14-12/h2,4-5,8,12H,1,3,6-7H2. The van der Waals surface area contributed by atoms with Crippen LogP contribution in [-0.4, -0.2) is 6.61 Å². The minimum atomic E-state index is 0.203. The lowest BCUT2D eigenvalue weighted by Crippen LogP contribution is -2.15. The van der Waals surface area contributed by atoms with E-state index in [1.54, 1.807) is 0 Å². The number of halogens is 1. The van der Waals surface area contributed by atoms with Crippen LogP contribution in [0.5, 0.6) is 0 Å². The molecule has 0 N–H and O–H groups in total. The molecule has 0 saturated carbocycles. The Balaban J connectivity index is 2.36. The second kappa shape index (κ2) is 4.28. The van der Waals surface area contributed by atoms with Crippen LogP contribution >= 0.6 is 15.9 Å². The molecule has 0 spiro atoms. The van der Waals surface area contributed by atoms with Crippen molar-refractivity contribution in [2.75, 3.05) is 6.61 Å². The van der Waals surface area contributed by atoms with Gasteiger partial charge in [-0.25, -0.2) is 0 Å². The van der Waals surface area contributed by atoms with Crippen molar-refractivity contribution in [2.45, 2.75) is 18.9 Å². The molecule has 1 aromatic rings. The highest BCUT2D eigenvalue weighted by Gasteiger charge is 2.19. The zero-order chi connectivity index (χ0) is 9.97. The van der Waals surface area contributed by atoms with Crippen LogP contribution in [0, 0.1) is 0 Å². The van der Waals surface area contributed by atoms with Gasteiger partial charge in [-0.15, -0.1) is 6.58 Å². The molecule has 1 nitrogen and oxygen atoms in total. The fourth-order valence-corrected chi connectivity index (χ4v) is 2.22. The number of ether oxygens (including phenoxy) is 1. The molecule has 2 heteroatoms. The molecule has 0 aromatic heterocycles. The maximum absolute atomic E-state index is 5.71. The van der Waals surface area contributed by atoms with E-state index in [2.05, 4.69) is 40.7 Å². The highest BCUT2D eigenvalue weighted by Crippen LogP contribution is 2.31. The van der Waals surface area contributed by atoms with Crippen molar-refractivity contribution in [3.05, 3.63) is 46.5 Å². The average Bonchev–Trinajstić information content (AvgIpc) is 2.19. The quantitative estimate of drug-likeness (QED) is 0.731. The lowest BCUT2D eigenvalue weighted by molar-refractivity contribution is 0.0445. The van der Waals surface area contributed by atoms with Crippen molar-refractivity contribution in [1.82, 2.24) is 0 Å². The maximum Gasteiger partial charge on any atom is 0.0862 e. The summed E-state index contributed by atoms with van der Waals surface area (Å²) < 4.78 is 6.83. The second-order valence-electron chi connectivity index (χ2n) is 3.48. The lowest BCUT2D eigenvalue weighted by atomic mass is 9.96. The van der Waals surface area contributed by atoms with Gasteiger partial charge >= 0.3 is 0 Å². The lowest BCUT2D eigenvalue weighted by Gasteiger charge is -2.25. The molecule has 1 aromatic carbocycles. The van der Waals surface area contributed by atoms with Gasteiger partial charge < -0.3 is 4.74 Å². The molecule has 1 heterocycles. The third-order valence-electron chi connectivity index (χ3n) is 2.53. The number of hydrogen-bond donors (Lipinski definition) is 0. The van der Waals surface area contributed by atoms with Gasteiger partial charge in [0.2, 0.25) is 0 Å². The molecule has 0 radical (unpaired) electrons. The van der Waals surface area contributed by atoms with Gasteiger partial charge in [0.1, 0.15) is 0 Å². The van der Waals surface area contributed by atoms with Crippen LogP contribution in [0.1, 0.15) is 23.7 Å². The Hall–Kier alpha value is -0.600. The molecule has 14 heavy (non-hydrogen) atoms. The van der Waals surface area contributed by atoms with Crippen molar-refractivity contribution in [3.8, 4) is 0 Å². The van der Waals surface area contributed by atoms with E-state index in [4.69, 9.17) is 4.74 Å². The minimum absolute atomic E-state index is 0.203. The highest BCUT2D eigenvalue weighted by molar-refractivity contribution is 9.10. The molecule has 1 aliphatic rings. The van der Waals surface area contributed by atoms with Gasteiger partial charge in [-0.1, -0.05) is 28.1 Å². The zero-order valence-electron chi connectivity index (χ0n) is 8.00. The van der Waals surface area contributed by atoms with E-state index in [9.17, 15) is 0 Å². The monoisotopic (exact) mass is 252 g/mol. The molecule has 1 unspecified atom stereocenters. The third-order valence-corrected chi connectivity index (χ3v) is 3.02. The first kappa shape index (κ1) is 9.94. The van der Waals surface area contributed by atoms with Gasteiger partial charge in [0, 0.05) is 4.47 Å². The molecule has 74 valence electrons. The Morgan fingerprint density at radius 2 is 2.43 bits per heavy atom. The van der Waals surface area contributed by atoms with Gasteiger partial charge in [0.05, 0.1) is 12.7 Å². The Bertz CT molecular complexity index is 346. The van der Waals surface area contributed by atoms with Gasteiger partial charge in [-0.2, -0.15) is 0 Å². The van der Waals surface area contributed by atoms with Crippen LogP contribution < -0.4 is 0 Å². The highest BCUT2D eigenvalue weighted by atomic mass is 79.9. The van der Waals surface area contributed by atoms with E-state index in [1.165, 1.54) is 11.1 Å². The van der Waals surface area contributed by atoms with Gasteiger partial charge in [0.15, 0.2) is 0 Å². The Morgan fingerprint density at radius 1 is 1.57 bits per heavy atom. The topological polar surface area (TPSA) is 9.23 Å². The summed E-state index contributed by atoms with van der Waals surface area (Å²) in [6.45, 7) is 4.58. The van der Waals surface area contributed by atoms with E-state index in [0.717, 1.165) is 23.9 Å². The fourth-order valence-electron chi connectivity index (χ4n) is 1.84. The Kier molecular flexibility index (Phi) is 3.04. The summed E-state index contributed by atoms with van der Waals surface area (Å²) in [5, 5.41) is 0. The van der Waals surface area contributed by atoms with Crippen molar-refractivity contribution in [3.63, 3.8) is 0 Å². The first-order valence-corrected chi connectivity index (χ1v) is 5.61. The second-order valence-corrected chi connectivity index (χ2v) is 4.39. The molecule has 1 aliphatic heterocycles.